The van der Waals surface area contributed by atoms with E-state index in [4.69, 9.17) is 5.11 Å². The fourth-order valence-electron chi connectivity index (χ4n) is 2.62. The molecular formula is C13H13N3O4. The second-order valence-corrected chi connectivity index (χ2v) is 4.93. The molecule has 0 radical (unpaired) electrons. The number of carboxylic acids is 1. The summed E-state index contributed by atoms with van der Waals surface area (Å²) in [7, 11) is 0. The summed E-state index contributed by atoms with van der Waals surface area (Å²) < 4.78 is 1.68. The van der Waals surface area contributed by atoms with Gasteiger partial charge in [0, 0.05) is 19.0 Å². The number of aliphatic carboxylic acids is 1. The van der Waals surface area contributed by atoms with Gasteiger partial charge in [-0.15, -0.1) is 0 Å². The molecule has 0 bridgehead atoms. The van der Waals surface area contributed by atoms with E-state index in [9.17, 15) is 14.4 Å². The van der Waals surface area contributed by atoms with Crippen LogP contribution in [0.1, 0.15) is 30.1 Å². The van der Waals surface area contributed by atoms with Gasteiger partial charge >= 0.3 is 5.97 Å². The van der Waals surface area contributed by atoms with Crippen molar-refractivity contribution < 1.29 is 19.5 Å². The highest BCUT2D eigenvalue weighted by molar-refractivity contribution is 6.05. The van der Waals surface area contributed by atoms with Gasteiger partial charge in [0.15, 0.2) is 11.6 Å². The average Bonchev–Trinajstić information content (AvgIpc) is 2.75. The molecule has 0 spiro atoms. The maximum absolute atomic E-state index is 12.1. The Labute approximate surface area is 114 Å². The molecule has 1 unspecified atom stereocenters. The van der Waals surface area contributed by atoms with Crippen molar-refractivity contribution in [1.29, 1.82) is 0 Å². The molecule has 2 N–H and O–H groups in total. The summed E-state index contributed by atoms with van der Waals surface area (Å²) in [4.78, 5) is 38.8. The van der Waals surface area contributed by atoms with Crippen LogP contribution in [-0.4, -0.2) is 38.7 Å². The summed E-state index contributed by atoms with van der Waals surface area (Å²) in [5, 5.41) is 12.0. The SMILES string of the molecule is O=C(O)CC1C(=O)C=C2NCCC(=O)Cn3cnc1c32. The summed E-state index contributed by atoms with van der Waals surface area (Å²) >= 11 is 0. The summed E-state index contributed by atoms with van der Waals surface area (Å²) in [5.74, 6) is -2.01. The Bertz CT molecular complexity index is 644. The number of nitrogens with one attached hydrogen (secondary N) is 1. The Balaban J connectivity index is 2.09. The van der Waals surface area contributed by atoms with Gasteiger partial charge < -0.3 is 15.0 Å². The van der Waals surface area contributed by atoms with Gasteiger partial charge in [-0.25, -0.2) is 4.98 Å². The lowest BCUT2D eigenvalue weighted by Gasteiger charge is -2.23. The van der Waals surface area contributed by atoms with Crippen molar-refractivity contribution >= 4 is 23.2 Å². The molecule has 1 aromatic rings. The normalized spacial score (nSPS) is 21.4. The van der Waals surface area contributed by atoms with E-state index in [1.54, 1.807) is 4.57 Å². The summed E-state index contributed by atoms with van der Waals surface area (Å²) in [6, 6.07) is 0. The number of carbonyl (C=O) groups is 3. The van der Waals surface area contributed by atoms with Crippen molar-refractivity contribution in [3.8, 4) is 0 Å². The number of aromatic nitrogens is 2. The van der Waals surface area contributed by atoms with E-state index in [0.717, 1.165) is 0 Å². The Hall–Kier alpha value is -2.44. The maximum Gasteiger partial charge on any atom is 0.304 e. The minimum atomic E-state index is -1.04. The van der Waals surface area contributed by atoms with Crippen LogP contribution in [0.15, 0.2) is 12.4 Å². The number of hydrogen-bond donors (Lipinski definition) is 2. The number of ketones is 2. The fourth-order valence-corrected chi connectivity index (χ4v) is 2.62. The lowest BCUT2D eigenvalue weighted by Crippen LogP contribution is -2.30. The predicted octanol–water partition coefficient (Wildman–Crippen LogP) is -0.0726. The standard InChI is InChI=1S/C13H13N3O4/c17-7-1-2-14-9-4-10(18)8(3-11(19)20)12-13(9)16(5-7)6-15-12/h4,6,8,14H,1-3,5H2,(H,19,20). The van der Waals surface area contributed by atoms with E-state index in [1.165, 1.54) is 12.4 Å². The molecule has 0 amide bonds. The molecule has 1 aliphatic carbocycles. The summed E-state index contributed by atoms with van der Waals surface area (Å²) in [6.45, 7) is 0.668. The van der Waals surface area contributed by atoms with Crippen LogP contribution >= 0.6 is 0 Å². The number of carbonyl (C=O) groups excluding carboxylic acids is 2. The molecule has 1 aliphatic heterocycles. The van der Waals surface area contributed by atoms with Gasteiger partial charge in [-0.3, -0.25) is 14.4 Å². The molecular weight excluding hydrogens is 262 g/mol. The lowest BCUT2D eigenvalue weighted by molar-refractivity contribution is -0.138. The summed E-state index contributed by atoms with van der Waals surface area (Å²) in [6.07, 6.45) is 3.01. The number of rotatable bonds is 2. The number of carboxylic acid groups (broad SMARTS) is 1. The molecule has 0 saturated heterocycles. The molecule has 20 heavy (non-hydrogen) atoms. The molecule has 0 fully saturated rings. The third-order valence-corrected chi connectivity index (χ3v) is 3.53. The first-order valence-electron chi connectivity index (χ1n) is 6.34. The number of Topliss-reactive ketones (excluding diaryl/α,β-unsaturated/α-hetero) is 1. The van der Waals surface area contributed by atoms with Crippen LogP contribution < -0.4 is 5.32 Å². The van der Waals surface area contributed by atoms with E-state index in [1.807, 2.05) is 0 Å². The fraction of sp³-hybridized carbons (Fsp3) is 0.385. The minimum Gasteiger partial charge on any atom is -0.481 e. The van der Waals surface area contributed by atoms with E-state index in [2.05, 4.69) is 10.3 Å². The Morgan fingerprint density at radius 3 is 3.05 bits per heavy atom. The minimum absolute atomic E-state index is 0.0726. The highest BCUT2D eigenvalue weighted by atomic mass is 16.4. The zero-order chi connectivity index (χ0) is 14.3. The molecule has 104 valence electrons. The molecule has 0 aromatic carbocycles. The monoisotopic (exact) mass is 275 g/mol. The van der Waals surface area contributed by atoms with E-state index in [-0.39, 0.29) is 24.5 Å². The van der Waals surface area contributed by atoms with Crippen molar-refractivity contribution in [2.75, 3.05) is 6.54 Å². The second kappa shape index (κ2) is 4.59. The molecule has 2 aliphatic rings. The van der Waals surface area contributed by atoms with Crippen LogP contribution in [0.4, 0.5) is 0 Å². The Morgan fingerprint density at radius 1 is 1.50 bits per heavy atom. The van der Waals surface area contributed by atoms with Crippen molar-refractivity contribution in [2.24, 2.45) is 0 Å². The molecule has 7 heteroatoms. The highest BCUT2D eigenvalue weighted by Gasteiger charge is 2.34. The number of imidazole rings is 1. The lowest BCUT2D eigenvalue weighted by atomic mass is 9.88. The predicted molar refractivity (Wildman–Crippen MR) is 67.8 cm³/mol. The zero-order valence-electron chi connectivity index (χ0n) is 10.6. The van der Waals surface area contributed by atoms with Crippen LogP contribution in [0, 0.1) is 0 Å². The molecule has 1 aromatic heterocycles. The highest BCUT2D eigenvalue weighted by Crippen LogP contribution is 2.33. The largest absolute Gasteiger partial charge is 0.481 e. The molecule has 0 saturated carbocycles. The van der Waals surface area contributed by atoms with Crippen LogP contribution in [0.5, 0.6) is 0 Å². The smallest absolute Gasteiger partial charge is 0.304 e. The topological polar surface area (TPSA) is 101 Å². The Morgan fingerprint density at radius 2 is 2.30 bits per heavy atom. The first-order valence-corrected chi connectivity index (χ1v) is 6.34. The average molecular weight is 275 g/mol. The van der Waals surface area contributed by atoms with Crippen molar-refractivity contribution in [3.05, 3.63) is 23.8 Å². The number of hydrogen-bond acceptors (Lipinski definition) is 5. The second-order valence-electron chi connectivity index (χ2n) is 4.93. The van der Waals surface area contributed by atoms with Crippen molar-refractivity contribution in [3.63, 3.8) is 0 Å². The van der Waals surface area contributed by atoms with Gasteiger partial charge in [-0.05, 0) is 0 Å². The van der Waals surface area contributed by atoms with E-state index < -0.39 is 11.9 Å². The number of nitrogens with zero attached hydrogens (tertiary/aromatic N) is 2. The first-order chi connectivity index (χ1) is 9.56. The van der Waals surface area contributed by atoms with E-state index >= 15 is 0 Å². The molecule has 7 nitrogen and oxygen atoms in total. The third-order valence-electron chi connectivity index (χ3n) is 3.53. The molecule has 1 atom stereocenters. The Kier molecular flexibility index (Phi) is 2.89. The molecule has 2 heterocycles. The van der Waals surface area contributed by atoms with Gasteiger partial charge in [-0.2, -0.15) is 0 Å². The van der Waals surface area contributed by atoms with Crippen LogP contribution in [-0.2, 0) is 20.9 Å². The number of allylic oxidation sites excluding steroid dienone is 1. The first kappa shape index (κ1) is 12.6. The van der Waals surface area contributed by atoms with Crippen LogP contribution in [0.3, 0.4) is 0 Å². The maximum atomic E-state index is 12.1. The van der Waals surface area contributed by atoms with E-state index in [0.29, 0.717) is 30.1 Å². The van der Waals surface area contributed by atoms with Crippen molar-refractivity contribution in [2.45, 2.75) is 25.3 Å². The van der Waals surface area contributed by atoms with Gasteiger partial charge in [0.1, 0.15) is 0 Å². The van der Waals surface area contributed by atoms with Crippen LogP contribution in [0.25, 0.3) is 5.70 Å². The zero-order valence-corrected chi connectivity index (χ0v) is 10.6. The quantitative estimate of drug-likeness (QED) is 0.783. The van der Waals surface area contributed by atoms with Gasteiger partial charge in [0.2, 0.25) is 0 Å². The van der Waals surface area contributed by atoms with Gasteiger partial charge in [0.25, 0.3) is 0 Å². The summed E-state index contributed by atoms with van der Waals surface area (Å²) in [5.41, 5.74) is 1.72. The van der Waals surface area contributed by atoms with Crippen molar-refractivity contribution in [1.82, 2.24) is 14.9 Å². The van der Waals surface area contributed by atoms with Gasteiger partial charge in [0.05, 0.1) is 42.3 Å². The third kappa shape index (κ3) is 2.01. The molecule has 3 rings (SSSR count). The van der Waals surface area contributed by atoms with Gasteiger partial charge in [-0.1, -0.05) is 0 Å². The van der Waals surface area contributed by atoms with Crippen LogP contribution in [0.2, 0.25) is 0 Å².